The Morgan fingerprint density at radius 2 is 1.60 bits per heavy atom. The Kier molecular flexibility index (Phi) is 2.47. The minimum absolute atomic E-state index is 0.421. The second-order valence-electron chi connectivity index (χ2n) is 3.18. The van der Waals surface area contributed by atoms with Crippen molar-refractivity contribution < 1.29 is 0 Å². The first kappa shape index (κ1) is 9.80. The van der Waals surface area contributed by atoms with E-state index in [0.29, 0.717) is 16.7 Å². The number of nitrogens with two attached hydrogens (primary N) is 2. The lowest BCUT2D eigenvalue weighted by Crippen LogP contribution is -1.97. The minimum Gasteiger partial charge on any atom is -0.384 e. The second kappa shape index (κ2) is 3.79. The summed E-state index contributed by atoms with van der Waals surface area (Å²) >= 11 is 5.80. The van der Waals surface area contributed by atoms with Crippen molar-refractivity contribution in [2.45, 2.75) is 0 Å². The summed E-state index contributed by atoms with van der Waals surface area (Å²) in [5.74, 6) is 0.850. The van der Waals surface area contributed by atoms with Gasteiger partial charge in [-0.25, -0.2) is 4.98 Å². The molecule has 0 saturated carbocycles. The maximum atomic E-state index is 5.80. The summed E-state index contributed by atoms with van der Waals surface area (Å²) < 4.78 is 0. The number of anilines is 2. The SMILES string of the molecule is Nc1ccc(-c2ccc(Cl)cc2)c(N)n1. The number of hydrogen-bond donors (Lipinski definition) is 2. The predicted octanol–water partition coefficient (Wildman–Crippen LogP) is 2.57. The molecule has 4 heteroatoms. The highest BCUT2D eigenvalue weighted by atomic mass is 35.5. The summed E-state index contributed by atoms with van der Waals surface area (Å²) in [4.78, 5) is 3.99. The summed E-state index contributed by atoms with van der Waals surface area (Å²) in [6.45, 7) is 0. The van der Waals surface area contributed by atoms with Crippen molar-refractivity contribution in [3.05, 3.63) is 41.4 Å². The highest BCUT2D eigenvalue weighted by molar-refractivity contribution is 6.30. The zero-order chi connectivity index (χ0) is 10.8. The van der Waals surface area contributed by atoms with Crippen molar-refractivity contribution >= 4 is 23.2 Å². The van der Waals surface area contributed by atoms with E-state index in [0.717, 1.165) is 11.1 Å². The molecule has 0 saturated heterocycles. The van der Waals surface area contributed by atoms with Gasteiger partial charge < -0.3 is 11.5 Å². The monoisotopic (exact) mass is 219 g/mol. The normalized spacial score (nSPS) is 10.2. The van der Waals surface area contributed by atoms with Gasteiger partial charge in [0.25, 0.3) is 0 Å². The Morgan fingerprint density at radius 3 is 2.20 bits per heavy atom. The van der Waals surface area contributed by atoms with Gasteiger partial charge in [-0.2, -0.15) is 0 Å². The molecule has 0 amide bonds. The Hall–Kier alpha value is -1.74. The number of rotatable bonds is 1. The van der Waals surface area contributed by atoms with E-state index in [1.165, 1.54) is 0 Å². The van der Waals surface area contributed by atoms with Crippen LogP contribution in [0, 0.1) is 0 Å². The third kappa shape index (κ3) is 2.02. The molecular weight excluding hydrogens is 210 g/mol. The maximum absolute atomic E-state index is 5.80. The average Bonchev–Trinajstić information content (AvgIpc) is 2.20. The van der Waals surface area contributed by atoms with Crippen LogP contribution in [-0.2, 0) is 0 Å². The molecule has 4 N–H and O–H groups in total. The Balaban J connectivity index is 2.49. The van der Waals surface area contributed by atoms with E-state index in [2.05, 4.69) is 4.98 Å². The molecule has 0 aliphatic carbocycles. The molecule has 3 nitrogen and oxygen atoms in total. The van der Waals surface area contributed by atoms with Gasteiger partial charge in [-0.05, 0) is 29.8 Å². The lowest BCUT2D eigenvalue weighted by atomic mass is 10.1. The number of nitrogen functional groups attached to an aromatic ring is 2. The fraction of sp³-hybridized carbons (Fsp3) is 0. The van der Waals surface area contributed by atoms with Crippen molar-refractivity contribution in [1.82, 2.24) is 4.98 Å². The van der Waals surface area contributed by atoms with Crippen LogP contribution >= 0.6 is 11.6 Å². The van der Waals surface area contributed by atoms with Gasteiger partial charge in [0, 0.05) is 10.6 Å². The third-order valence-corrected chi connectivity index (χ3v) is 2.35. The molecule has 0 aliphatic heterocycles. The Morgan fingerprint density at radius 1 is 0.933 bits per heavy atom. The third-order valence-electron chi connectivity index (χ3n) is 2.10. The van der Waals surface area contributed by atoms with Crippen molar-refractivity contribution in [1.29, 1.82) is 0 Å². The van der Waals surface area contributed by atoms with Crippen molar-refractivity contribution in [2.75, 3.05) is 11.5 Å². The van der Waals surface area contributed by atoms with Gasteiger partial charge >= 0.3 is 0 Å². The molecule has 0 unspecified atom stereocenters. The first-order valence-electron chi connectivity index (χ1n) is 4.45. The molecule has 1 heterocycles. The van der Waals surface area contributed by atoms with Crippen LogP contribution in [0.1, 0.15) is 0 Å². The molecule has 2 aromatic rings. The number of benzene rings is 1. The summed E-state index contributed by atoms with van der Waals surface area (Å²) in [7, 11) is 0. The van der Waals surface area contributed by atoms with Crippen LogP contribution in [0.3, 0.4) is 0 Å². The van der Waals surface area contributed by atoms with Gasteiger partial charge in [-0.15, -0.1) is 0 Å². The lowest BCUT2D eigenvalue weighted by Gasteiger charge is -2.05. The number of nitrogens with zero attached hydrogens (tertiary/aromatic N) is 1. The molecule has 0 spiro atoms. The van der Waals surface area contributed by atoms with Crippen molar-refractivity contribution in [3.63, 3.8) is 0 Å². The number of hydrogen-bond acceptors (Lipinski definition) is 3. The van der Waals surface area contributed by atoms with Gasteiger partial charge in [-0.3, -0.25) is 0 Å². The molecular formula is C11H10ClN3. The first-order chi connectivity index (χ1) is 7.16. The van der Waals surface area contributed by atoms with E-state index in [1.807, 2.05) is 30.3 Å². The standard InChI is InChI=1S/C11H10ClN3/c12-8-3-1-7(2-4-8)9-5-6-10(13)15-11(9)14/h1-6H,(H4,13,14,15). The lowest BCUT2D eigenvalue weighted by molar-refractivity contribution is 1.34. The highest BCUT2D eigenvalue weighted by Gasteiger charge is 2.03. The first-order valence-corrected chi connectivity index (χ1v) is 4.82. The molecule has 1 aromatic carbocycles. The van der Waals surface area contributed by atoms with Gasteiger partial charge in [0.15, 0.2) is 0 Å². The average molecular weight is 220 g/mol. The smallest absolute Gasteiger partial charge is 0.133 e. The van der Waals surface area contributed by atoms with Crippen LogP contribution in [0.4, 0.5) is 11.6 Å². The molecule has 15 heavy (non-hydrogen) atoms. The summed E-state index contributed by atoms with van der Waals surface area (Å²) in [5.41, 5.74) is 13.1. The van der Waals surface area contributed by atoms with Gasteiger partial charge in [0.05, 0.1) is 0 Å². The Labute approximate surface area is 92.7 Å². The summed E-state index contributed by atoms with van der Waals surface area (Å²) in [6.07, 6.45) is 0. The van der Waals surface area contributed by atoms with Crippen LogP contribution in [0.5, 0.6) is 0 Å². The predicted molar refractivity (Wildman–Crippen MR) is 63.5 cm³/mol. The fourth-order valence-corrected chi connectivity index (χ4v) is 1.49. The minimum atomic E-state index is 0.421. The van der Waals surface area contributed by atoms with E-state index in [4.69, 9.17) is 23.1 Å². The molecule has 0 aliphatic rings. The van der Waals surface area contributed by atoms with E-state index in [-0.39, 0.29) is 0 Å². The van der Waals surface area contributed by atoms with Crippen LogP contribution in [-0.4, -0.2) is 4.98 Å². The second-order valence-corrected chi connectivity index (χ2v) is 3.61. The van der Waals surface area contributed by atoms with Gasteiger partial charge in [-0.1, -0.05) is 23.7 Å². The molecule has 0 fully saturated rings. The van der Waals surface area contributed by atoms with Crippen molar-refractivity contribution in [3.8, 4) is 11.1 Å². The molecule has 2 rings (SSSR count). The van der Waals surface area contributed by atoms with Gasteiger partial charge in [0.2, 0.25) is 0 Å². The largest absolute Gasteiger partial charge is 0.384 e. The number of aromatic nitrogens is 1. The van der Waals surface area contributed by atoms with Crippen molar-refractivity contribution in [2.24, 2.45) is 0 Å². The van der Waals surface area contributed by atoms with E-state index in [9.17, 15) is 0 Å². The highest BCUT2D eigenvalue weighted by Crippen LogP contribution is 2.26. The maximum Gasteiger partial charge on any atom is 0.133 e. The Bertz CT molecular complexity index is 480. The molecule has 0 radical (unpaired) electrons. The number of halogens is 1. The zero-order valence-corrected chi connectivity index (χ0v) is 8.70. The number of pyridine rings is 1. The molecule has 76 valence electrons. The van der Waals surface area contributed by atoms with Crippen LogP contribution in [0.25, 0.3) is 11.1 Å². The molecule has 1 aromatic heterocycles. The van der Waals surface area contributed by atoms with Gasteiger partial charge in [0.1, 0.15) is 11.6 Å². The molecule has 0 bridgehead atoms. The van der Waals surface area contributed by atoms with Crippen LogP contribution in [0.15, 0.2) is 36.4 Å². The summed E-state index contributed by atoms with van der Waals surface area (Å²) in [6, 6.07) is 11.0. The van der Waals surface area contributed by atoms with E-state index < -0.39 is 0 Å². The van der Waals surface area contributed by atoms with E-state index in [1.54, 1.807) is 6.07 Å². The zero-order valence-electron chi connectivity index (χ0n) is 7.94. The van der Waals surface area contributed by atoms with Crippen LogP contribution in [0.2, 0.25) is 5.02 Å². The molecule has 0 atom stereocenters. The quantitative estimate of drug-likeness (QED) is 0.775. The summed E-state index contributed by atoms with van der Waals surface area (Å²) in [5, 5.41) is 0.695. The van der Waals surface area contributed by atoms with E-state index >= 15 is 0 Å². The fourth-order valence-electron chi connectivity index (χ4n) is 1.36. The topological polar surface area (TPSA) is 64.9 Å². The van der Waals surface area contributed by atoms with Crippen LogP contribution < -0.4 is 11.5 Å².